The second-order valence-electron chi connectivity index (χ2n) is 4.37. The molecule has 0 atom stereocenters. The van der Waals surface area contributed by atoms with Gasteiger partial charge in [0.25, 0.3) is 0 Å². The van der Waals surface area contributed by atoms with Gasteiger partial charge in [-0.3, -0.25) is 0 Å². The molecule has 0 radical (unpaired) electrons. The first-order valence-corrected chi connectivity index (χ1v) is 6.54. The molecule has 0 heterocycles. The van der Waals surface area contributed by atoms with Crippen molar-refractivity contribution in [2.24, 2.45) is 0 Å². The lowest BCUT2D eigenvalue weighted by atomic mass is 10.1. The van der Waals surface area contributed by atoms with Crippen molar-refractivity contribution in [2.45, 2.75) is 19.9 Å². The van der Waals surface area contributed by atoms with Crippen LogP contribution >= 0.6 is 0 Å². The first-order valence-electron chi connectivity index (χ1n) is 6.54. The molecule has 0 aromatic heterocycles. The number of benzene rings is 1. The number of carbonyl (C=O) groups excluding carboxylic acids is 1. The highest BCUT2D eigenvalue weighted by Crippen LogP contribution is 2.04. The lowest BCUT2D eigenvalue weighted by molar-refractivity contribution is 0.0697. The first-order chi connectivity index (χ1) is 9.58. The average Bonchev–Trinajstić information content (AvgIpc) is 2.45. The summed E-state index contributed by atoms with van der Waals surface area (Å²) in [5.41, 5.74) is 1.04. The number of carboxylic acids is 1. The number of amides is 2. The third-order valence-electron chi connectivity index (χ3n) is 2.80. The fraction of sp³-hybridized carbons (Fsp3) is 0.429. The standard InChI is InChI=1S/C14H20N2O4/c1-2-7-16(8-9-17)14(20)15-10-11-3-5-12(6-4-11)13(18)19/h3-6,17H,2,7-10H2,1H3,(H,15,20)(H,18,19). The van der Waals surface area contributed by atoms with Gasteiger partial charge in [-0.1, -0.05) is 19.1 Å². The molecule has 0 aliphatic rings. The smallest absolute Gasteiger partial charge is 0.335 e. The van der Waals surface area contributed by atoms with Crippen LogP contribution in [-0.2, 0) is 6.54 Å². The van der Waals surface area contributed by atoms with Gasteiger partial charge in [-0.15, -0.1) is 0 Å². The van der Waals surface area contributed by atoms with Crippen LogP contribution in [-0.4, -0.2) is 46.8 Å². The highest BCUT2D eigenvalue weighted by Gasteiger charge is 2.11. The Morgan fingerprint density at radius 1 is 1.20 bits per heavy atom. The van der Waals surface area contributed by atoms with Gasteiger partial charge in [-0.05, 0) is 24.1 Å². The van der Waals surface area contributed by atoms with Crippen molar-refractivity contribution < 1.29 is 19.8 Å². The Kier molecular flexibility index (Phi) is 6.52. The number of nitrogens with zero attached hydrogens (tertiary/aromatic N) is 1. The topological polar surface area (TPSA) is 89.9 Å². The van der Waals surface area contributed by atoms with Crippen molar-refractivity contribution in [3.05, 3.63) is 35.4 Å². The molecule has 0 fully saturated rings. The van der Waals surface area contributed by atoms with E-state index >= 15 is 0 Å². The molecule has 1 aromatic rings. The van der Waals surface area contributed by atoms with Gasteiger partial charge >= 0.3 is 12.0 Å². The third-order valence-corrected chi connectivity index (χ3v) is 2.80. The lowest BCUT2D eigenvalue weighted by Gasteiger charge is -2.21. The molecule has 0 spiro atoms. The maximum Gasteiger partial charge on any atom is 0.335 e. The Morgan fingerprint density at radius 3 is 2.35 bits per heavy atom. The van der Waals surface area contributed by atoms with Crippen LogP contribution in [0.2, 0.25) is 0 Å². The van der Waals surface area contributed by atoms with E-state index in [2.05, 4.69) is 5.32 Å². The number of nitrogens with one attached hydrogen (secondary N) is 1. The number of aliphatic hydroxyl groups is 1. The minimum atomic E-state index is -0.974. The van der Waals surface area contributed by atoms with E-state index < -0.39 is 5.97 Å². The number of rotatable bonds is 7. The summed E-state index contributed by atoms with van der Waals surface area (Å²) in [6, 6.07) is 6.10. The van der Waals surface area contributed by atoms with Crippen LogP contribution in [0.3, 0.4) is 0 Å². The van der Waals surface area contributed by atoms with Crippen LogP contribution < -0.4 is 5.32 Å². The molecule has 0 saturated heterocycles. The van der Waals surface area contributed by atoms with Crippen LogP contribution in [0.4, 0.5) is 4.79 Å². The van der Waals surface area contributed by atoms with Gasteiger partial charge in [0.1, 0.15) is 0 Å². The van der Waals surface area contributed by atoms with E-state index in [1.807, 2.05) is 6.92 Å². The molecular weight excluding hydrogens is 260 g/mol. The summed E-state index contributed by atoms with van der Waals surface area (Å²) in [6.07, 6.45) is 0.820. The molecule has 0 unspecified atom stereocenters. The summed E-state index contributed by atoms with van der Waals surface area (Å²) in [6.45, 7) is 3.11. The molecule has 0 aliphatic heterocycles. The normalized spacial score (nSPS) is 10.1. The van der Waals surface area contributed by atoms with Crippen LogP contribution in [0.15, 0.2) is 24.3 Å². The van der Waals surface area contributed by atoms with Crippen molar-refractivity contribution in [1.29, 1.82) is 0 Å². The van der Waals surface area contributed by atoms with E-state index in [9.17, 15) is 9.59 Å². The zero-order valence-corrected chi connectivity index (χ0v) is 11.5. The number of aliphatic hydroxyl groups excluding tert-OH is 1. The van der Waals surface area contributed by atoms with Gasteiger partial charge < -0.3 is 20.4 Å². The van der Waals surface area contributed by atoms with Crippen molar-refractivity contribution in [3.63, 3.8) is 0 Å². The number of hydrogen-bond acceptors (Lipinski definition) is 3. The van der Waals surface area contributed by atoms with Gasteiger partial charge in [0.05, 0.1) is 12.2 Å². The van der Waals surface area contributed by atoms with Crippen LogP contribution in [0.5, 0.6) is 0 Å². The van der Waals surface area contributed by atoms with Gasteiger partial charge in [-0.2, -0.15) is 0 Å². The Morgan fingerprint density at radius 2 is 1.85 bits per heavy atom. The number of carbonyl (C=O) groups is 2. The van der Waals surface area contributed by atoms with Gasteiger partial charge in [0.15, 0.2) is 0 Å². The molecule has 2 amide bonds. The number of aromatic carboxylic acids is 1. The molecular formula is C14H20N2O4. The van der Waals surface area contributed by atoms with E-state index in [1.54, 1.807) is 17.0 Å². The molecule has 6 heteroatoms. The second-order valence-corrected chi connectivity index (χ2v) is 4.37. The van der Waals surface area contributed by atoms with Crippen LogP contribution in [0.1, 0.15) is 29.3 Å². The molecule has 1 aromatic carbocycles. The van der Waals surface area contributed by atoms with E-state index in [1.165, 1.54) is 12.1 Å². The Bertz CT molecular complexity index is 439. The van der Waals surface area contributed by atoms with Crippen LogP contribution in [0.25, 0.3) is 0 Å². The summed E-state index contributed by atoms with van der Waals surface area (Å²) in [4.78, 5) is 24.1. The Balaban J connectivity index is 2.52. The fourth-order valence-electron chi connectivity index (χ4n) is 1.76. The zero-order valence-electron chi connectivity index (χ0n) is 11.5. The molecule has 0 aliphatic carbocycles. The van der Waals surface area contributed by atoms with Gasteiger partial charge in [0.2, 0.25) is 0 Å². The summed E-state index contributed by atoms with van der Waals surface area (Å²) >= 11 is 0. The Labute approximate surface area is 118 Å². The maximum atomic E-state index is 11.9. The monoisotopic (exact) mass is 280 g/mol. The van der Waals surface area contributed by atoms with Crippen molar-refractivity contribution in [3.8, 4) is 0 Å². The fourth-order valence-corrected chi connectivity index (χ4v) is 1.76. The van der Waals surface area contributed by atoms with Crippen molar-refractivity contribution >= 4 is 12.0 Å². The van der Waals surface area contributed by atoms with Gasteiger partial charge in [-0.25, -0.2) is 9.59 Å². The highest BCUT2D eigenvalue weighted by atomic mass is 16.4. The number of carboxylic acid groups (broad SMARTS) is 1. The zero-order chi connectivity index (χ0) is 15.0. The largest absolute Gasteiger partial charge is 0.478 e. The minimum Gasteiger partial charge on any atom is -0.478 e. The molecule has 0 saturated carbocycles. The predicted molar refractivity (Wildman–Crippen MR) is 74.6 cm³/mol. The van der Waals surface area contributed by atoms with Crippen LogP contribution in [0, 0.1) is 0 Å². The number of hydrogen-bond donors (Lipinski definition) is 3. The molecule has 3 N–H and O–H groups in total. The summed E-state index contributed by atoms with van der Waals surface area (Å²) in [5.74, 6) is -0.974. The minimum absolute atomic E-state index is 0.0687. The van der Waals surface area contributed by atoms with Crippen molar-refractivity contribution in [1.82, 2.24) is 10.2 Å². The highest BCUT2D eigenvalue weighted by molar-refractivity contribution is 5.87. The predicted octanol–water partition coefficient (Wildman–Crippen LogP) is 1.30. The second kappa shape index (κ2) is 8.16. The van der Waals surface area contributed by atoms with Gasteiger partial charge in [0, 0.05) is 19.6 Å². The van der Waals surface area contributed by atoms with E-state index in [-0.39, 0.29) is 18.2 Å². The molecule has 0 bridgehead atoms. The maximum absolute atomic E-state index is 11.9. The SMILES string of the molecule is CCCN(CCO)C(=O)NCc1ccc(C(=O)O)cc1. The summed E-state index contributed by atoms with van der Waals surface area (Å²) < 4.78 is 0. The summed E-state index contributed by atoms with van der Waals surface area (Å²) in [7, 11) is 0. The molecule has 110 valence electrons. The van der Waals surface area contributed by atoms with Crippen molar-refractivity contribution in [2.75, 3.05) is 19.7 Å². The molecule has 20 heavy (non-hydrogen) atoms. The number of urea groups is 1. The Hall–Kier alpha value is -2.08. The summed E-state index contributed by atoms with van der Waals surface area (Å²) in [5, 5.41) is 20.4. The molecule has 1 rings (SSSR count). The lowest BCUT2D eigenvalue weighted by Crippen LogP contribution is -2.41. The average molecular weight is 280 g/mol. The van der Waals surface area contributed by atoms with E-state index in [0.29, 0.717) is 19.6 Å². The third kappa shape index (κ3) is 4.89. The molecule has 6 nitrogen and oxygen atoms in total. The van der Waals surface area contributed by atoms with E-state index in [0.717, 1.165) is 12.0 Å². The first kappa shape index (κ1) is 16.0. The van der Waals surface area contributed by atoms with E-state index in [4.69, 9.17) is 10.2 Å². The quantitative estimate of drug-likeness (QED) is 0.702.